The zero-order valence-electron chi connectivity index (χ0n) is 14.9. The van der Waals surface area contributed by atoms with Crippen molar-refractivity contribution in [3.05, 3.63) is 54.1 Å². The summed E-state index contributed by atoms with van der Waals surface area (Å²) >= 11 is 0. The van der Waals surface area contributed by atoms with Gasteiger partial charge in [0.2, 0.25) is 5.91 Å². The van der Waals surface area contributed by atoms with E-state index in [1.54, 1.807) is 31.2 Å². The monoisotopic (exact) mass is 378 g/mol. The molecule has 144 valence electrons. The van der Waals surface area contributed by atoms with Gasteiger partial charge in [0.25, 0.3) is 5.91 Å². The lowest BCUT2D eigenvalue weighted by atomic mass is 10.2. The van der Waals surface area contributed by atoms with Gasteiger partial charge in [-0.25, -0.2) is 0 Å². The molecule has 2 amide bonds. The summed E-state index contributed by atoms with van der Waals surface area (Å²) in [4.78, 5) is 26.1. The number of hydrogen-bond acceptors (Lipinski definition) is 4. The van der Waals surface area contributed by atoms with Gasteiger partial charge < -0.3 is 19.7 Å². The molecule has 0 unspecified atom stereocenters. The summed E-state index contributed by atoms with van der Waals surface area (Å²) in [6.45, 7) is -1.18. The Hall–Kier alpha value is -3.16. The van der Waals surface area contributed by atoms with Gasteiger partial charge >= 0.3 is 6.61 Å². The number of benzene rings is 2. The number of alkyl halides is 2. The van der Waals surface area contributed by atoms with Crippen molar-refractivity contribution >= 4 is 17.5 Å². The highest BCUT2D eigenvalue weighted by Gasteiger charge is 2.18. The van der Waals surface area contributed by atoms with E-state index in [9.17, 15) is 18.4 Å². The van der Waals surface area contributed by atoms with E-state index in [-0.39, 0.29) is 24.4 Å². The number of amides is 2. The average molecular weight is 378 g/mol. The fraction of sp³-hybridized carbons (Fsp3) is 0.263. The highest BCUT2D eigenvalue weighted by Crippen LogP contribution is 2.18. The van der Waals surface area contributed by atoms with Crippen LogP contribution in [0.25, 0.3) is 0 Å². The highest BCUT2D eigenvalue weighted by molar-refractivity contribution is 5.99. The minimum Gasteiger partial charge on any atom is -0.497 e. The number of halogens is 2. The zero-order valence-corrected chi connectivity index (χ0v) is 14.9. The van der Waals surface area contributed by atoms with Gasteiger partial charge in [-0.05, 0) is 37.3 Å². The number of anilines is 1. The second kappa shape index (κ2) is 9.51. The third-order valence-electron chi connectivity index (χ3n) is 3.66. The molecule has 6 nitrogen and oxygen atoms in total. The van der Waals surface area contributed by atoms with Crippen LogP contribution in [-0.2, 0) is 4.79 Å². The number of carbonyl (C=O) groups excluding carboxylic acids is 2. The fourth-order valence-corrected chi connectivity index (χ4v) is 2.39. The maximum Gasteiger partial charge on any atom is 0.387 e. The normalized spacial score (nSPS) is 10.4. The summed E-state index contributed by atoms with van der Waals surface area (Å²) in [7, 11) is 1.52. The molecule has 0 radical (unpaired) electrons. The number of ether oxygens (including phenoxy) is 2. The number of hydrogen-bond donors (Lipinski definition) is 1. The number of rotatable bonds is 8. The second-order valence-corrected chi connectivity index (χ2v) is 5.51. The molecule has 27 heavy (non-hydrogen) atoms. The first kappa shape index (κ1) is 20.2. The quantitative estimate of drug-likeness (QED) is 0.765. The first-order chi connectivity index (χ1) is 12.9. The van der Waals surface area contributed by atoms with Gasteiger partial charge in [0.05, 0.1) is 7.11 Å². The highest BCUT2D eigenvalue weighted by atomic mass is 19.3. The molecule has 0 atom stereocenters. The van der Waals surface area contributed by atoms with Gasteiger partial charge in [0.15, 0.2) is 0 Å². The smallest absolute Gasteiger partial charge is 0.387 e. The number of nitrogens with zero attached hydrogens (tertiary/aromatic N) is 1. The summed E-state index contributed by atoms with van der Waals surface area (Å²) in [5.41, 5.74) is 0.694. The van der Waals surface area contributed by atoms with Crippen molar-refractivity contribution in [2.24, 2.45) is 0 Å². The third kappa shape index (κ3) is 5.95. The Kier molecular flexibility index (Phi) is 7.10. The van der Waals surface area contributed by atoms with Crippen molar-refractivity contribution in [2.45, 2.75) is 13.5 Å². The molecule has 0 heterocycles. The molecule has 8 heteroatoms. The van der Waals surface area contributed by atoms with E-state index < -0.39 is 18.4 Å². The Balaban J connectivity index is 2.05. The fourth-order valence-electron chi connectivity index (χ4n) is 2.39. The second-order valence-electron chi connectivity index (χ2n) is 5.51. The standard InChI is InChI=1S/C19H20F2N2O4/c1-3-23(12-17(24)22-14-7-5-8-15(11-14)26-2)18(25)13-6-4-9-16(10-13)27-19(20)21/h4-11,19H,3,12H2,1-2H3,(H,22,24). The van der Waals surface area contributed by atoms with Crippen LogP contribution in [0.15, 0.2) is 48.5 Å². The summed E-state index contributed by atoms with van der Waals surface area (Å²) in [6.07, 6.45) is 0. The lowest BCUT2D eigenvalue weighted by molar-refractivity contribution is -0.116. The zero-order chi connectivity index (χ0) is 19.8. The average Bonchev–Trinajstić information content (AvgIpc) is 2.65. The van der Waals surface area contributed by atoms with Crippen LogP contribution < -0.4 is 14.8 Å². The molecule has 0 aliphatic rings. The Morgan fingerprint density at radius 1 is 1.11 bits per heavy atom. The molecule has 0 spiro atoms. The van der Waals surface area contributed by atoms with Gasteiger partial charge in [-0.15, -0.1) is 0 Å². The van der Waals surface area contributed by atoms with Crippen molar-refractivity contribution in [1.82, 2.24) is 4.90 Å². The molecule has 0 aliphatic heterocycles. The molecule has 0 bridgehead atoms. The van der Waals surface area contributed by atoms with Gasteiger partial charge in [0, 0.05) is 23.9 Å². The van der Waals surface area contributed by atoms with E-state index in [1.165, 1.54) is 36.3 Å². The minimum atomic E-state index is -2.98. The van der Waals surface area contributed by atoms with Crippen LogP contribution >= 0.6 is 0 Å². The summed E-state index contributed by atoms with van der Waals surface area (Å²) < 4.78 is 34.1. The first-order valence-electron chi connectivity index (χ1n) is 8.21. The lowest BCUT2D eigenvalue weighted by Crippen LogP contribution is -2.37. The molecule has 2 aromatic carbocycles. The van der Waals surface area contributed by atoms with E-state index in [0.29, 0.717) is 11.4 Å². The van der Waals surface area contributed by atoms with E-state index >= 15 is 0 Å². The van der Waals surface area contributed by atoms with Crippen molar-refractivity contribution in [3.63, 3.8) is 0 Å². The Labute approximate surface area is 155 Å². The maximum absolute atomic E-state index is 12.6. The molecule has 1 N–H and O–H groups in total. The number of nitrogens with one attached hydrogen (secondary N) is 1. The molecule has 0 fully saturated rings. The predicted octanol–water partition coefficient (Wildman–Crippen LogP) is 3.40. The van der Waals surface area contributed by atoms with Crippen LogP contribution in [0, 0.1) is 0 Å². The van der Waals surface area contributed by atoms with Crippen molar-refractivity contribution in [1.29, 1.82) is 0 Å². The van der Waals surface area contributed by atoms with Crippen LogP contribution in [-0.4, -0.2) is 43.5 Å². The summed E-state index contributed by atoms with van der Waals surface area (Å²) in [6, 6.07) is 12.3. The summed E-state index contributed by atoms with van der Waals surface area (Å²) in [5.74, 6) is -0.378. The van der Waals surface area contributed by atoms with E-state index in [0.717, 1.165) is 0 Å². The Morgan fingerprint density at radius 3 is 2.48 bits per heavy atom. The SMILES string of the molecule is CCN(CC(=O)Nc1cccc(OC)c1)C(=O)c1cccc(OC(F)F)c1. The topological polar surface area (TPSA) is 67.9 Å². The number of methoxy groups -OCH3 is 1. The van der Waals surface area contributed by atoms with Crippen LogP contribution in [0.3, 0.4) is 0 Å². The predicted molar refractivity (Wildman–Crippen MR) is 96.3 cm³/mol. The number of carbonyl (C=O) groups is 2. The summed E-state index contributed by atoms with van der Waals surface area (Å²) in [5, 5.41) is 2.69. The molecule has 2 aromatic rings. The van der Waals surface area contributed by atoms with Gasteiger partial charge in [-0.2, -0.15) is 8.78 Å². The van der Waals surface area contributed by atoms with Crippen molar-refractivity contribution in [3.8, 4) is 11.5 Å². The van der Waals surface area contributed by atoms with E-state index in [1.807, 2.05) is 0 Å². The van der Waals surface area contributed by atoms with Crippen molar-refractivity contribution in [2.75, 3.05) is 25.5 Å². The van der Waals surface area contributed by atoms with Crippen molar-refractivity contribution < 1.29 is 27.8 Å². The molecule has 0 aliphatic carbocycles. The molecule has 0 aromatic heterocycles. The number of likely N-dealkylation sites (N-methyl/N-ethyl adjacent to an activating group) is 1. The van der Waals surface area contributed by atoms with Crippen LogP contribution in [0.2, 0.25) is 0 Å². The Morgan fingerprint density at radius 2 is 1.81 bits per heavy atom. The maximum atomic E-state index is 12.6. The lowest BCUT2D eigenvalue weighted by Gasteiger charge is -2.21. The third-order valence-corrected chi connectivity index (χ3v) is 3.66. The Bertz CT molecular complexity index is 799. The van der Waals surface area contributed by atoms with E-state index in [2.05, 4.69) is 10.1 Å². The van der Waals surface area contributed by atoms with Crippen LogP contribution in [0.4, 0.5) is 14.5 Å². The van der Waals surface area contributed by atoms with E-state index in [4.69, 9.17) is 4.74 Å². The molecule has 0 saturated carbocycles. The van der Waals surface area contributed by atoms with Crippen LogP contribution in [0.1, 0.15) is 17.3 Å². The van der Waals surface area contributed by atoms with Gasteiger partial charge in [-0.1, -0.05) is 12.1 Å². The minimum absolute atomic E-state index is 0.118. The molecule has 0 saturated heterocycles. The first-order valence-corrected chi connectivity index (χ1v) is 8.21. The largest absolute Gasteiger partial charge is 0.497 e. The molecular weight excluding hydrogens is 358 g/mol. The van der Waals surface area contributed by atoms with Crippen LogP contribution in [0.5, 0.6) is 11.5 Å². The molecule has 2 rings (SSSR count). The molecular formula is C19H20F2N2O4. The van der Waals surface area contributed by atoms with Gasteiger partial charge in [0.1, 0.15) is 18.0 Å². The van der Waals surface area contributed by atoms with Gasteiger partial charge in [-0.3, -0.25) is 9.59 Å².